The number of rotatable bonds is 7. The third kappa shape index (κ3) is 5.13. The van der Waals surface area contributed by atoms with Crippen molar-refractivity contribution in [3.05, 3.63) is 71.1 Å². The van der Waals surface area contributed by atoms with Crippen molar-refractivity contribution in [1.29, 1.82) is 0 Å². The normalized spacial score (nSPS) is 20.9. The van der Waals surface area contributed by atoms with Crippen LogP contribution in [-0.4, -0.2) is 78.0 Å². The first-order chi connectivity index (χ1) is 17.3. The molecule has 36 heavy (non-hydrogen) atoms. The summed E-state index contributed by atoms with van der Waals surface area (Å²) in [5.41, 5.74) is 1.26. The highest BCUT2D eigenvalue weighted by Crippen LogP contribution is 2.32. The van der Waals surface area contributed by atoms with E-state index in [-0.39, 0.29) is 30.2 Å². The average Bonchev–Trinajstić information content (AvgIpc) is 3.39. The molecule has 3 amide bonds. The first kappa shape index (κ1) is 25.4. The Morgan fingerprint density at radius 1 is 1.19 bits per heavy atom. The Hall–Kier alpha value is -3.66. The molecule has 2 unspecified atom stereocenters. The van der Waals surface area contributed by atoms with Crippen molar-refractivity contribution >= 4 is 17.9 Å². The first-order valence-corrected chi connectivity index (χ1v) is 12.1. The molecule has 2 aliphatic rings. The van der Waals surface area contributed by atoms with Crippen LogP contribution in [0.4, 0.5) is 9.18 Å². The van der Waals surface area contributed by atoms with Crippen LogP contribution in [0, 0.1) is 5.82 Å². The number of esters is 1. The van der Waals surface area contributed by atoms with Crippen molar-refractivity contribution < 1.29 is 27.9 Å². The molecule has 2 aromatic rings. The number of nitrogens with one attached hydrogen (secondary N) is 1. The van der Waals surface area contributed by atoms with Crippen LogP contribution in [-0.2, 0) is 9.53 Å². The number of amides is 3. The van der Waals surface area contributed by atoms with E-state index < -0.39 is 17.8 Å². The first-order valence-electron chi connectivity index (χ1n) is 12.1. The summed E-state index contributed by atoms with van der Waals surface area (Å²) < 4.78 is 24.7. The summed E-state index contributed by atoms with van der Waals surface area (Å²) in [4.78, 5) is 44.4. The summed E-state index contributed by atoms with van der Waals surface area (Å²) >= 11 is 0. The van der Waals surface area contributed by atoms with Crippen LogP contribution in [0.15, 0.2) is 58.3 Å². The number of ether oxygens (including phenoxy) is 1. The van der Waals surface area contributed by atoms with Gasteiger partial charge >= 0.3 is 12.0 Å². The lowest BCUT2D eigenvalue weighted by atomic mass is 9.94. The van der Waals surface area contributed by atoms with Gasteiger partial charge in [0.25, 0.3) is 5.91 Å². The van der Waals surface area contributed by atoms with E-state index in [4.69, 9.17) is 9.15 Å². The van der Waals surface area contributed by atoms with Crippen molar-refractivity contribution in [1.82, 2.24) is 20.0 Å². The van der Waals surface area contributed by atoms with E-state index in [1.807, 2.05) is 13.8 Å². The Balaban J connectivity index is 1.64. The lowest BCUT2D eigenvalue weighted by Crippen LogP contribution is -2.56. The second-order valence-corrected chi connectivity index (χ2v) is 8.82. The zero-order valence-electron chi connectivity index (χ0n) is 20.7. The molecule has 0 radical (unpaired) electrons. The molecule has 0 aliphatic carbocycles. The molecule has 1 N–H and O–H groups in total. The van der Waals surface area contributed by atoms with Crippen molar-refractivity contribution in [2.45, 2.75) is 32.9 Å². The molecule has 3 heterocycles. The van der Waals surface area contributed by atoms with Crippen LogP contribution in [0.1, 0.15) is 42.9 Å². The Morgan fingerprint density at radius 3 is 2.64 bits per heavy atom. The van der Waals surface area contributed by atoms with Gasteiger partial charge in [-0.3, -0.25) is 14.6 Å². The minimum atomic E-state index is -0.843. The molecule has 9 nitrogen and oxygen atoms in total. The van der Waals surface area contributed by atoms with Gasteiger partial charge in [-0.1, -0.05) is 12.1 Å². The summed E-state index contributed by atoms with van der Waals surface area (Å²) in [7, 11) is 0. The van der Waals surface area contributed by atoms with E-state index in [9.17, 15) is 18.8 Å². The number of nitrogens with zero attached hydrogens (tertiary/aromatic N) is 3. The quantitative estimate of drug-likeness (QED) is 0.590. The molecular weight excluding hydrogens is 467 g/mol. The van der Waals surface area contributed by atoms with Crippen LogP contribution in [0.2, 0.25) is 0 Å². The number of carbonyl (C=O) groups is 3. The molecule has 1 fully saturated rings. The number of carbonyl (C=O) groups excluding carboxylic acids is 3. The molecule has 2 atom stereocenters. The monoisotopic (exact) mass is 498 g/mol. The van der Waals surface area contributed by atoms with Gasteiger partial charge in [0.1, 0.15) is 5.82 Å². The third-order valence-electron chi connectivity index (χ3n) is 6.51. The van der Waals surface area contributed by atoms with Crippen molar-refractivity contribution in [2.24, 2.45) is 0 Å². The molecule has 4 rings (SSSR count). The minimum absolute atomic E-state index is 0.116. The molecule has 0 spiro atoms. The zero-order chi connectivity index (χ0) is 25.8. The van der Waals surface area contributed by atoms with Crippen LogP contribution < -0.4 is 5.32 Å². The summed E-state index contributed by atoms with van der Waals surface area (Å²) in [6, 6.07) is 7.84. The largest absolute Gasteiger partial charge is 0.463 e. The summed E-state index contributed by atoms with van der Waals surface area (Å²) in [5.74, 6) is -0.894. The average molecular weight is 499 g/mol. The van der Waals surface area contributed by atoms with E-state index >= 15 is 0 Å². The van der Waals surface area contributed by atoms with Gasteiger partial charge in [-0.15, -0.1) is 0 Å². The molecule has 192 valence electrons. The van der Waals surface area contributed by atoms with Crippen LogP contribution >= 0.6 is 0 Å². The number of hydrogen-bond donors (Lipinski definition) is 1. The predicted octanol–water partition coefficient (Wildman–Crippen LogP) is 3.17. The topological polar surface area (TPSA) is 95.3 Å². The highest BCUT2D eigenvalue weighted by atomic mass is 19.1. The minimum Gasteiger partial charge on any atom is -0.463 e. The molecule has 1 aromatic heterocycles. The Labute approximate surface area is 209 Å². The summed E-state index contributed by atoms with van der Waals surface area (Å²) in [5, 5.41) is 2.84. The van der Waals surface area contributed by atoms with Crippen molar-refractivity contribution in [2.75, 3.05) is 39.3 Å². The smallest absolute Gasteiger partial charge is 0.338 e. The number of hydrogen-bond acceptors (Lipinski definition) is 6. The van der Waals surface area contributed by atoms with Gasteiger partial charge < -0.3 is 19.4 Å². The van der Waals surface area contributed by atoms with Crippen molar-refractivity contribution in [3.63, 3.8) is 0 Å². The summed E-state index contributed by atoms with van der Waals surface area (Å²) in [6.45, 7) is 7.84. The maximum absolute atomic E-state index is 14.1. The molecular formula is C26H31FN4O5. The van der Waals surface area contributed by atoms with Gasteiger partial charge in [0, 0.05) is 44.5 Å². The molecule has 0 saturated carbocycles. The standard InChI is InChI=1S/C26H31FN4O5/c1-4-30-20(16-29-11-12-31(17(3)15-29)24(32)21-10-7-13-36-21)22(25(33)35-5-2)23(28-26(30)34)18-8-6-9-19(27)14-18/h6-10,13-14,17,23H,4-5,11-12,15-16H2,1-3H3,(H,28,34). The van der Waals surface area contributed by atoms with E-state index in [0.29, 0.717) is 49.7 Å². The Bertz CT molecular complexity index is 1150. The van der Waals surface area contributed by atoms with Gasteiger partial charge in [0.2, 0.25) is 0 Å². The molecule has 2 aliphatic heterocycles. The third-order valence-corrected chi connectivity index (χ3v) is 6.51. The van der Waals surface area contributed by atoms with Gasteiger partial charge in [-0.25, -0.2) is 14.0 Å². The van der Waals surface area contributed by atoms with E-state index in [0.717, 1.165) is 0 Å². The number of likely N-dealkylation sites (N-methyl/N-ethyl adjacent to an activating group) is 1. The van der Waals surface area contributed by atoms with E-state index in [2.05, 4.69) is 10.2 Å². The van der Waals surface area contributed by atoms with E-state index in [1.54, 1.807) is 36.1 Å². The highest BCUT2D eigenvalue weighted by molar-refractivity contribution is 5.95. The van der Waals surface area contributed by atoms with Crippen LogP contribution in [0.3, 0.4) is 0 Å². The number of halogens is 1. The lowest BCUT2D eigenvalue weighted by molar-refractivity contribution is -0.139. The zero-order valence-corrected chi connectivity index (χ0v) is 20.7. The second-order valence-electron chi connectivity index (χ2n) is 8.82. The van der Waals surface area contributed by atoms with E-state index in [1.165, 1.54) is 23.3 Å². The van der Waals surface area contributed by atoms with Crippen molar-refractivity contribution in [3.8, 4) is 0 Å². The maximum atomic E-state index is 14.1. The van der Waals surface area contributed by atoms with Crippen LogP contribution in [0.25, 0.3) is 0 Å². The summed E-state index contributed by atoms with van der Waals surface area (Å²) in [6.07, 6.45) is 1.47. The number of furan rings is 1. The maximum Gasteiger partial charge on any atom is 0.338 e. The number of benzene rings is 1. The Morgan fingerprint density at radius 2 is 2.00 bits per heavy atom. The van der Waals surface area contributed by atoms with Gasteiger partial charge in [-0.05, 0) is 50.6 Å². The lowest BCUT2D eigenvalue weighted by Gasteiger charge is -2.42. The fraction of sp³-hybridized carbons (Fsp3) is 0.423. The van der Waals surface area contributed by atoms with Gasteiger partial charge in [0.05, 0.1) is 24.5 Å². The van der Waals surface area contributed by atoms with Gasteiger partial charge in [-0.2, -0.15) is 0 Å². The fourth-order valence-electron chi connectivity index (χ4n) is 4.83. The molecule has 1 aromatic carbocycles. The van der Waals surface area contributed by atoms with Crippen LogP contribution in [0.5, 0.6) is 0 Å². The fourth-order valence-corrected chi connectivity index (χ4v) is 4.83. The number of urea groups is 1. The molecule has 10 heteroatoms. The SMILES string of the molecule is CCOC(=O)C1=C(CN2CCN(C(=O)c3ccco3)C(C)C2)N(CC)C(=O)NC1c1cccc(F)c1. The number of piperazine rings is 1. The van der Waals surface area contributed by atoms with Gasteiger partial charge in [0.15, 0.2) is 5.76 Å². The second kappa shape index (κ2) is 10.9. The highest BCUT2D eigenvalue weighted by Gasteiger charge is 2.39. The predicted molar refractivity (Wildman–Crippen MR) is 129 cm³/mol. The molecule has 0 bridgehead atoms. The Kier molecular flexibility index (Phi) is 7.73. The molecule has 1 saturated heterocycles.